The molecule has 0 radical (unpaired) electrons. The van der Waals surface area contributed by atoms with Gasteiger partial charge in [0.25, 0.3) is 0 Å². The zero-order chi connectivity index (χ0) is 5.33. The van der Waals surface area contributed by atoms with Crippen LogP contribution < -0.4 is 17.8 Å². The number of hydrogen-bond acceptors (Lipinski definition) is 1. The summed E-state index contributed by atoms with van der Waals surface area (Å²) in [5, 5.41) is 0. The molecule has 1 fully saturated rings. The monoisotopic (exact) mass is 136 g/mol. The molecule has 0 aromatic heterocycles. The van der Waals surface area contributed by atoms with Gasteiger partial charge in [-0.25, -0.2) is 0 Å². The molecule has 8 heavy (non-hydrogen) atoms. The van der Waals surface area contributed by atoms with E-state index in [1.165, 1.54) is 19.5 Å². The molecular weight excluding hydrogens is 124 g/mol. The fraction of sp³-hybridized carbons (Fsp3) is 1.00. The first-order valence-electron chi connectivity index (χ1n) is 2.79. The lowest BCUT2D eigenvalue weighted by Gasteiger charge is -2.20. The average molecular weight is 137 g/mol. The van der Waals surface area contributed by atoms with Gasteiger partial charge in [0.05, 0.1) is 20.6 Å². The van der Waals surface area contributed by atoms with Crippen molar-refractivity contribution in [3.8, 4) is 0 Å². The van der Waals surface area contributed by atoms with Crippen LogP contribution in [-0.4, -0.2) is 31.8 Å². The first-order chi connectivity index (χ1) is 3.21. The van der Waals surface area contributed by atoms with Crippen molar-refractivity contribution in [2.75, 3.05) is 27.2 Å². The summed E-state index contributed by atoms with van der Waals surface area (Å²) in [6.07, 6.45) is 1.33. The minimum absolute atomic E-state index is 0. The zero-order valence-corrected chi connectivity index (χ0v) is 6.20. The third kappa shape index (κ3) is 1.99. The third-order valence-electron chi connectivity index (χ3n) is 1.43. The van der Waals surface area contributed by atoms with E-state index in [9.17, 15) is 0 Å². The molecule has 1 saturated heterocycles. The lowest BCUT2D eigenvalue weighted by Crippen LogP contribution is -3.00. The van der Waals surface area contributed by atoms with E-state index in [0.717, 1.165) is 4.59 Å². The predicted molar refractivity (Wildman–Crippen MR) is 29.6 cm³/mol. The molecule has 0 unspecified atom stereocenters. The second kappa shape index (κ2) is 2.67. The fourth-order valence-corrected chi connectivity index (χ4v) is 0.935. The molecule has 1 rings (SSSR count). The standard InChI is InChI=1S/C5H13N2.ClH/c1-7(2)5-3-4-6-7;/h6H,3-5H2,1-2H3;1H/q+1;/p-1. The molecule has 0 saturated carbocycles. The van der Waals surface area contributed by atoms with Gasteiger partial charge in [-0.05, 0) is 0 Å². The summed E-state index contributed by atoms with van der Waals surface area (Å²) in [6.45, 7) is 2.47. The highest BCUT2D eigenvalue weighted by Gasteiger charge is 2.19. The smallest absolute Gasteiger partial charge is 0.0972 e. The fourth-order valence-electron chi connectivity index (χ4n) is 0.935. The Labute approximate surface area is 56.8 Å². The molecule has 50 valence electrons. The van der Waals surface area contributed by atoms with Crippen molar-refractivity contribution in [3.05, 3.63) is 0 Å². The van der Waals surface area contributed by atoms with Gasteiger partial charge in [-0.1, -0.05) is 0 Å². The summed E-state index contributed by atoms with van der Waals surface area (Å²) < 4.78 is 1.00. The molecule has 1 N–H and O–H groups in total. The number of nitrogens with zero attached hydrogens (tertiary/aromatic N) is 1. The van der Waals surface area contributed by atoms with Crippen molar-refractivity contribution in [1.82, 2.24) is 5.43 Å². The highest BCUT2D eigenvalue weighted by molar-refractivity contribution is 4.43. The van der Waals surface area contributed by atoms with Crippen LogP contribution in [-0.2, 0) is 0 Å². The molecule has 0 aromatic carbocycles. The van der Waals surface area contributed by atoms with Gasteiger partial charge < -0.3 is 12.4 Å². The van der Waals surface area contributed by atoms with Crippen LogP contribution in [0.5, 0.6) is 0 Å². The zero-order valence-electron chi connectivity index (χ0n) is 5.45. The second-order valence-corrected chi connectivity index (χ2v) is 2.67. The van der Waals surface area contributed by atoms with Crippen LogP contribution in [0.15, 0.2) is 0 Å². The highest BCUT2D eigenvalue weighted by Crippen LogP contribution is 1.99. The van der Waals surface area contributed by atoms with Gasteiger partial charge in [-0.15, -0.1) is 0 Å². The summed E-state index contributed by atoms with van der Waals surface area (Å²) in [6, 6.07) is 0. The molecule has 0 atom stereocenters. The van der Waals surface area contributed by atoms with Crippen molar-refractivity contribution in [2.24, 2.45) is 0 Å². The van der Waals surface area contributed by atoms with Crippen molar-refractivity contribution in [1.29, 1.82) is 0 Å². The van der Waals surface area contributed by atoms with Crippen LogP contribution in [0.1, 0.15) is 6.42 Å². The van der Waals surface area contributed by atoms with Crippen LogP contribution in [0.4, 0.5) is 0 Å². The summed E-state index contributed by atoms with van der Waals surface area (Å²) in [5.41, 5.74) is 3.33. The lowest BCUT2D eigenvalue weighted by atomic mass is 10.5. The first kappa shape index (κ1) is 8.21. The van der Waals surface area contributed by atoms with Crippen molar-refractivity contribution >= 4 is 0 Å². The average Bonchev–Trinajstić information content (AvgIpc) is 1.84. The van der Waals surface area contributed by atoms with Gasteiger partial charge in [0, 0.05) is 13.0 Å². The number of halogens is 1. The Morgan fingerprint density at radius 3 is 2.12 bits per heavy atom. The summed E-state index contributed by atoms with van der Waals surface area (Å²) in [7, 11) is 4.38. The second-order valence-electron chi connectivity index (χ2n) is 2.67. The van der Waals surface area contributed by atoms with Gasteiger partial charge in [0.1, 0.15) is 0 Å². The summed E-state index contributed by atoms with van der Waals surface area (Å²) >= 11 is 0. The Bertz CT molecular complexity index is 64.8. The van der Waals surface area contributed by atoms with Crippen LogP contribution in [0.2, 0.25) is 0 Å². The van der Waals surface area contributed by atoms with Gasteiger partial charge in [0.2, 0.25) is 0 Å². The quantitative estimate of drug-likeness (QED) is 0.350. The van der Waals surface area contributed by atoms with E-state index in [1.807, 2.05) is 0 Å². The van der Waals surface area contributed by atoms with Crippen molar-refractivity contribution in [3.63, 3.8) is 0 Å². The molecular formula is C5H13ClN2. The first-order valence-corrected chi connectivity index (χ1v) is 2.79. The number of rotatable bonds is 0. The maximum absolute atomic E-state index is 3.33. The van der Waals surface area contributed by atoms with E-state index in [0.29, 0.717) is 0 Å². The maximum Gasteiger partial charge on any atom is 0.0972 e. The van der Waals surface area contributed by atoms with Crippen LogP contribution in [0.3, 0.4) is 0 Å². The highest BCUT2D eigenvalue weighted by atomic mass is 35.5. The van der Waals surface area contributed by atoms with E-state index >= 15 is 0 Å². The normalized spacial score (nSPS) is 24.8. The predicted octanol–water partition coefficient (Wildman–Crippen LogP) is -3.02. The largest absolute Gasteiger partial charge is 1.00 e. The van der Waals surface area contributed by atoms with Crippen molar-refractivity contribution < 1.29 is 17.0 Å². The van der Waals surface area contributed by atoms with Crippen LogP contribution in [0, 0.1) is 0 Å². The SMILES string of the molecule is C[N+]1(C)CCCN1.[Cl-]. The minimum atomic E-state index is 0. The minimum Gasteiger partial charge on any atom is -1.00 e. The Kier molecular flexibility index (Phi) is 2.74. The summed E-state index contributed by atoms with van der Waals surface area (Å²) in [4.78, 5) is 0. The molecule has 0 spiro atoms. The Hall–Kier alpha value is 0.210. The Balaban J connectivity index is 0.000000490. The van der Waals surface area contributed by atoms with E-state index in [2.05, 4.69) is 19.5 Å². The van der Waals surface area contributed by atoms with Crippen LogP contribution in [0.25, 0.3) is 0 Å². The number of hydrogen-bond donors (Lipinski definition) is 1. The lowest BCUT2D eigenvalue weighted by molar-refractivity contribution is -0.920. The maximum atomic E-state index is 3.33. The molecule has 0 amide bonds. The van der Waals surface area contributed by atoms with Gasteiger partial charge in [0.15, 0.2) is 0 Å². The molecule has 0 aliphatic carbocycles. The molecule has 0 bridgehead atoms. The van der Waals surface area contributed by atoms with Gasteiger partial charge in [-0.3, -0.25) is 4.59 Å². The topological polar surface area (TPSA) is 12.0 Å². The molecule has 2 nitrogen and oxygen atoms in total. The van der Waals surface area contributed by atoms with E-state index in [1.54, 1.807) is 0 Å². The molecule has 1 heterocycles. The van der Waals surface area contributed by atoms with E-state index < -0.39 is 0 Å². The van der Waals surface area contributed by atoms with Crippen molar-refractivity contribution in [2.45, 2.75) is 6.42 Å². The molecule has 1 aliphatic heterocycles. The Morgan fingerprint density at radius 1 is 1.38 bits per heavy atom. The Morgan fingerprint density at radius 2 is 2.00 bits per heavy atom. The van der Waals surface area contributed by atoms with Gasteiger partial charge in [-0.2, -0.15) is 5.43 Å². The van der Waals surface area contributed by atoms with E-state index in [-0.39, 0.29) is 12.4 Å². The van der Waals surface area contributed by atoms with Crippen LogP contribution >= 0.6 is 0 Å². The molecule has 3 heteroatoms. The van der Waals surface area contributed by atoms with E-state index in [4.69, 9.17) is 0 Å². The number of nitrogens with one attached hydrogen (secondary N) is 1. The molecule has 0 aromatic rings. The van der Waals surface area contributed by atoms with Gasteiger partial charge >= 0.3 is 0 Å². The third-order valence-corrected chi connectivity index (χ3v) is 1.43. The number of quaternary nitrogens is 1. The summed E-state index contributed by atoms with van der Waals surface area (Å²) in [5.74, 6) is 0. The molecule has 1 aliphatic rings.